The van der Waals surface area contributed by atoms with E-state index in [4.69, 9.17) is 11.6 Å². The Kier molecular flexibility index (Phi) is 3.12. The van der Waals surface area contributed by atoms with Gasteiger partial charge in [-0.05, 0) is 36.5 Å². The molecule has 4 nitrogen and oxygen atoms in total. The Morgan fingerprint density at radius 1 is 1.43 bits per heavy atom. The summed E-state index contributed by atoms with van der Waals surface area (Å²) in [5.74, 6) is -0.756. The fourth-order valence-corrected chi connectivity index (χ4v) is 2.47. The normalized spacial score (nSPS) is 15.5. The maximum absolute atomic E-state index is 13.2. The zero-order valence-electron chi connectivity index (χ0n) is 10.9. The number of nitrogens with zero attached hydrogens (tertiary/aromatic N) is 2. The van der Waals surface area contributed by atoms with E-state index in [-0.39, 0.29) is 22.2 Å². The Labute approximate surface area is 122 Å². The zero-order valence-corrected chi connectivity index (χ0v) is 11.6. The molecule has 1 fully saturated rings. The van der Waals surface area contributed by atoms with E-state index in [0.717, 1.165) is 26.0 Å². The summed E-state index contributed by atoms with van der Waals surface area (Å²) in [5.41, 5.74) is -0.640. The number of hydrogen-bond acceptors (Lipinski definition) is 3. The average molecular weight is 319 g/mol. The van der Waals surface area contributed by atoms with E-state index in [1.807, 2.05) is 0 Å². The van der Waals surface area contributed by atoms with Gasteiger partial charge in [-0.3, -0.25) is 0 Å². The number of ether oxygens (including phenoxy) is 1. The molecule has 0 N–H and O–H groups in total. The molecule has 2 heterocycles. The van der Waals surface area contributed by atoms with E-state index in [2.05, 4.69) is 9.84 Å². The van der Waals surface area contributed by atoms with Crippen molar-refractivity contribution in [2.24, 2.45) is 0 Å². The van der Waals surface area contributed by atoms with Crippen molar-refractivity contribution < 1.29 is 22.7 Å². The van der Waals surface area contributed by atoms with Crippen molar-refractivity contribution in [2.45, 2.75) is 24.9 Å². The van der Waals surface area contributed by atoms with Gasteiger partial charge >= 0.3 is 12.1 Å². The molecule has 0 aliphatic heterocycles. The Morgan fingerprint density at radius 3 is 2.62 bits per heavy atom. The molecule has 0 bridgehead atoms. The highest BCUT2D eigenvalue weighted by Crippen LogP contribution is 2.43. The second-order valence-corrected chi connectivity index (χ2v) is 5.28. The number of hydrogen-bond donors (Lipinski definition) is 0. The minimum Gasteiger partial charge on any atom is -0.464 e. The molecule has 0 spiro atoms. The molecular formula is C13H10ClF3N2O2. The predicted molar refractivity (Wildman–Crippen MR) is 68.5 cm³/mol. The lowest BCUT2D eigenvalue weighted by atomic mass is 10.1. The molecule has 0 unspecified atom stereocenters. The smallest absolute Gasteiger partial charge is 0.433 e. The molecule has 0 amide bonds. The summed E-state index contributed by atoms with van der Waals surface area (Å²) in [4.78, 5) is 11.5. The number of methoxy groups -OCH3 is 1. The Hall–Kier alpha value is -1.76. The molecule has 1 saturated carbocycles. The number of rotatable bonds is 2. The number of carbonyl (C=O) groups is 1. The summed E-state index contributed by atoms with van der Waals surface area (Å²) in [6.07, 6.45) is -2.89. The van der Waals surface area contributed by atoms with Crippen LogP contribution in [0.1, 0.15) is 40.5 Å². The van der Waals surface area contributed by atoms with Crippen molar-refractivity contribution in [1.82, 2.24) is 9.61 Å². The van der Waals surface area contributed by atoms with Gasteiger partial charge in [0.2, 0.25) is 0 Å². The highest BCUT2D eigenvalue weighted by atomic mass is 35.5. The monoisotopic (exact) mass is 318 g/mol. The van der Waals surface area contributed by atoms with Crippen LogP contribution in [0.3, 0.4) is 0 Å². The molecule has 1 aliphatic carbocycles. The number of pyridine rings is 1. The van der Waals surface area contributed by atoms with Crippen LogP contribution in [0.4, 0.5) is 13.2 Å². The zero-order chi connectivity index (χ0) is 15.4. The number of carbonyl (C=O) groups excluding carboxylic acids is 1. The molecule has 2 aromatic heterocycles. The summed E-state index contributed by atoms with van der Waals surface area (Å²) in [6, 6.07) is 2.61. The Bertz CT molecular complexity index is 735. The number of fused-ring (bicyclic) bond motifs is 1. The van der Waals surface area contributed by atoms with Crippen LogP contribution in [-0.4, -0.2) is 22.7 Å². The Morgan fingerprint density at radius 2 is 2.10 bits per heavy atom. The molecule has 0 aromatic carbocycles. The number of esters is 1. The van der Waals surface area contributed by atoms with Crippen molar-refractivity contribution in [3.05, 3.63) is 34.1 Å². The molecular weight excluding hydrogens is 309 g/mol. The lowest BCUT2D eigenvalue weighted by molar-refractivity contribution is -0.142. The van der Waals surface area contributed by atoms with Crippen LogP contribution in [0.25, 0.3) is 5.52 Å². The molecule has 2 aromatic rings. The van der Waals surface area contributed by atoms with Gasteiger partial charge in [-0.15, -0.1) is 0 Å². The minimum absolute atomic E-state index is 0.0637. The largest absolute Gasteiger partial charge is 0.464 e. The van der Waals surface area contributed by atoms with E-state index in [1.54, 1.807) is 6.07 Å². The third-order valence-electron chi connectivity index (χ3n) is 3.41. The van der Waals surface area contributed by atoms with Crippen molar-refractivity contribution in [3.8, 4) is 0 Å². The molecule has 8 heteroatoms. The van der Waals surface area contributed by atoms with Crippen LogP contribution in [0.15, 0.2) is 12.1 Å². The van der Waals surface area contributed by atoms with Gasteiger partial charge in [0, 0.05) is 0 Å². The second kappa shape index (κ2) is 4.62. The fraction of sp³-hybridized carbons (Fsp3) is 0.385. The van der Waals surface area contributed by atoms with E-state index in [0.29, 0.717) is 10.1 Å². The van der Waals surface area contributed by atoms with Crippen molar-refractivity contribution in [2.75, 3.05) is 7.11 Å². The first-order valence-electron chi connectivity index (χ1n) is 6.20. The molecule has 112 valence electrons. The quantitative estimate of drug-likeness (QED) is 0.794. The van der Waals surface area contributed by atoms with Gasteiger partial charge in [0.25, 0.3) is 0 Å². The topological polar surface area (TPSA) is 43.6 Å². The van der Waals surface area contributed by atoms with Crippen LogP contribution in [0.2, 0.25) is 5.02 Å². The maximum atomic E-state index is 13.2. The van der Waals surface area contributed by atoms with E-state index < -0.39 is 17.8 Å². The minimum atomic E-state index is -4.59. The van der Waals surface area contributed by atoms with Crippen molar-refractivity contribution in [1.29, 1.82) is 0 Å². The maximum Gasteiger partial charge on any atom is 0.433 e. The molecule has 0 atom stereocenters. The van der Waals surface area contributed by atoms with Gasteiger partial charge in [-0.1, -0.05) is 11.6 Å². The summed E-state index contributed by atoms with van der Waals surface area (Å²) >= 11 is 6.00. The van der Waals surface area contributed by atoms with Gasteiger partial charge in [0.1, 0.15) is 10.7 Å². The molecule has 1 aliphatic rings. The van der Waals surface area contributed by atoms with Crippen LogP contribution in [-0.2, 0) is 10.9 Å². The first-order chi connectivity index (χ1) is 9.82. The third-order valence-corrected chi connectivity index (χ3v) is 3.79. The summed E-state index contributed by atoms with van der Waals surface area (Å²) < 4.78 is 44.7. The van der Waals surface area contributed by atoms with Crippen LogP contribution >= 0.6 is 11.6 Å². The SMILES string of the molecule is COC(=O)c1nn2c(C(F)(F)F)cc(C3CC3)cc2c1Cl. The van der Waals surface area contributed by atoms with Gasteiger partial charge in [0.05, 0.1) is 12.6 Å². The van der Waals surface area contributed by atoms with E-state index in [9.17, 15) is 18.0 Å². The standard InChI is InChI=1S/C13H10ClF3N2O2/c1-21-12(20)11-10(14)8-4-7(6-2-3-6)5-9(13(15,16)17)19(8)18-11/h4-6H,2-3H2,1H3. The van der Waals surface area contributed by atoms with Gasteiger partial charge in [-0.2, -0.15) is 18.3 Å². The second-order valence-electron chi connectivity index (χ2n) is 4.90. The van der Waals surface area contributed by atoms with E-state index in [1.165, 1.54) is 0 Å². The fourth-order valence-electron chi connectivity index (χ4n) is 2.22. The van der Waals surface area contributed by atoms with Crippen LogP contribution in [0, 0.1) is 0 Å². The first kappa shape index (κ1) is 14.2. The average Bonchev–Trinajstić information content (AvgIpc) is 3.21. The van der Waals surface area contributed by atoms with Crippen molar-refractivity contribution in [3.63, 3.8) is 0 Å². The highest BCUT2D eigenvalue weighted by Gasteiger charge is 2.37. The molecule has 0 radical (unpaired) electrons. The Balaban J connectivity index is 2.30. The predicted octanol–water partition coefficient (Wildman–Crippen LogP) is 3.67. The van der Waals surface area contributed by atoms with Crippen LogP contribution in [0.5, 0.6) is 0 Å². The van der Waals surface area contributed by atoms with E-state index >= 15 is 0 Å². The highest BCUT2D eigenvalue weighted by molar-refractivity contribution is 6.36. The summed E-state index contributed by atoms with van der Waals surface area (Å²) in [6.45, 7) is 0. The molecule has 21 heavy (non-hydrogen) atoms. The van der Waals surface area contributed by atoms with Gasteiger partial charge < -0.3 is 4.74 Å². The van der Waals surface area contributed by atoms with Crippen LogP contribution < -0.4 is 0 Å². The first-order valence-corrected chi connectivity index (χ1v) is 6.58. The number of alkyl halides is 3. The van der Waals surface area contributed by atoms with Gasteiger partial charge in [-0.25, -0.2) is 9.31 Å². The number of aromatic nitrogens is 2. The molecule has 3 rings (SSSR count). The summed E-state index contributed by atoms with van der Waals surface area (Å²) in [7, 11) is 1.11. The lowest BCUT2D eigenvalue weighted by Crippen LogP contribution is -2.13. The van der Waals surface area contributed by atoms with Crippen molar-refractivity contribution >= 4 is 23.1 Å². The summed E-state index contributed by atoms with van der Waals surface area (Å²) in [5, 5.41) is 3.53. The lowest BCUT2D eigenvalue weighted by Gasteiger charge is -2.11. The molecule has 0 saturated heterocycles. The third kappa shape index (κ3) is 2.35. The van der Waals surface area contributed by atoms with Gasteiger partial charge in [0.15, 0.2) is 5.69 Å². The number of halogens is 4.